The average Bonchev–Trinajstić information content (AvgIpc) is 3.32. The first-order valence-electron chi connectivity index (χ1n) is 10.4. The molecule has 1 aromatic rings. The third-order valence-electron chi connectivity index (χ3n) is 6.99. The number of amides is 1. The predicted octanol–water partition coefficient (Wildman–Crippen LogP) is 2.18. The zero-order valence-electron chi connectivity index (χ0n) is 16.8. The number of fused-ring (bicyclic) bond motifs is 2. The molecule has 3 aliphatic rings. The number of rotatable bonds is 5. The van der Waals surface area contributed by atoms with Gasteiger partial charge in [0.1, 0.15) is 0 Å². The molecule has 0 unspecified atom stereocenters. The van der Waals surface area contributed by atoms with E-state index in [-0.39, 0.29) is 16.8 Å². The van der Waals surface area contributed by atoms with Gasteiger partial charge in [-0.3, -0.25) is 4.79 Å². The molecular weight excluding hydrogens is 374 g/mol. The Morgan fingerprint density at radius 2 is 1.89 bits per heavy atom. The molecule has 1 heterocycles. The van der Waals surface area contributed by atoms with E-state index < -0.39 is 10.0 Å². The van der Waals surface area contributed by atoms with E-state index in [4.69, 9.17) is 0 Å². The molecule has 0 radical (unpaired) electrons. The number of benzene rings is 1. The number of likely N-dealkylation sites (N-methyl/N-ethyl adjacent to an activating group) is 1. The standard InChI is InChI=1S/C21H31N3O3S/c1-15(20-13-16-6-7-17(20)12-16)22-21(25)18-4-3-5-19(14-18)28(26,27)24-10-8-23(2)9-11-24/h3-5,14-17,20H,6-13H2,1-2H3,(H,22,25)/t15-,16+,17+,20-/m1/s1. The average molecular weight is 406 g/mol. The molecule has 1 N–H and O–H groups in total. The van der Waals surface area contributed by atoms with Crippen LogP contribution in [0.3, 0.4) is 0 Å². The highest BCUT2D eigenvalue weighted by Gasteiger charge is 2.42. The SMILES string of the molecule is C[C@@H](NC(=O)c1cccc(S(=O)(=O)N2CCN(C)CC2)c1)[C@H]1C[C@H]2CC[C@H]1C2. The van der Waals surface area contributed by atoms with Crippen molar-refractivity contribution in [3.05, 3.63) is 29.8 Å². The van der Waals surface area contributed by atoms with Gasteiger partial charge < -0.3 is 10.2 Å². The molecular formula is C21H31N3O3S. The summed E-state index contributed by atoms with van der Waals surface area (Å²) in [5.74, 6) is 1.96. The minimum atomic E-state index is -3.57. The van der Waals surface area contributed by atoms with Gasteiger partial charge in [-0.05, 0) is 69.2 Å². The quantitative estimate of drug-likeness (QED) is 0.815. The largest absolute Gasteiger partial charge is 0.349 e. The number of nitrogens with one attached hydrogen (secondary N) is 1. The fourth-order valence-corrected chi connectivity index (χ4v) is 6.75. The summed E-state index contributed by atoms with van der Waals surface area (Å²) in [4.78, 5) is 15.1. The summed E-state index contributed by atoms with van der Waals surface area (Å²) in [6, 6.07) is 6.60. The van der Waals surface area contributed by atoms with Crippen molar-refractivity contribution in [2.75, 3.05) is 33.2 Å². The van der Waals surface area contributed by atoms with Crippen molar-refractivity contribution in [3.63, 3.8) is 0 Å². The normalized spacial score (nSPS) is 29.7. The van der Waals surface area contributed by atoms with Crippen molar-refractivity contribution >= 4 is 15.9 Å². The Bertz CT molecular complexity index is 833. The van der Waals surface area contributed by atoms with Crippen LogP contribution in [0.4, 0.5) is 0 Å². The van der Waals surface area contributed by atoms with Crippen LogP contribution in [0.5, 0.6) is 0 Å². The fourth-order valence-electron chi connectivity index (χ4n) is 5.28. The zero-order chi connectivity index (χ0) is 19.9. The number of sulfonamides is 1. The molecule has 7 heteroatoms. The lowest BCUT2D eigenvalue weighted by Crippen LogP contribution is -2.47. The second-order valence-corrected chi connectivity index (χ2v) is 10.8. The molecule has 2 aliphatic carbocycles. The minimum absolute atomic E-state index is 0.126. The fraction of sp³-hybridized carbons (Fsp3) is 0.667. The summed E-state index contributed by atoms with van der Waals surface area (Å²) in [6.45, 7) is 4.50. The summed E-state index contributed by atoms with van der Waals surface area (Å²) >= 11 is 0. The molecule has 154 valence electrons. The van der Waals surface area contributed by atoms with Crippen LogP contribution in [-0.4, -0.2) is 62.8 Å². The highest BCUT2D eigenvalue weighted by Crippen LogP contribution is 2.49. The van der Waals surface area contributed by atoms with Gasteiger partial charge in [0.05, 0.1) is 4.90 Å². The van der Waals surface area contributed by atoms with Crippen molar-refractivity contribution in [1.82, 2.24) is 14.5 Å². The van der Waals surface area contributed by atoms with E-state index in [2.05, 4.69) is 17.1 Å². The van der Waals surface area contributed by atoms with Gasteiger partial charge in [0.15, 0.2) is 0 Å². The van der Waals surface area contributed by atoms with E-state index in [9.17, 15) is 13.2 Å². The zero-order valence-corrected chi connectivity index (χ0v) is 17.6. The smallest absolute Gasteiger partial charge is 0.251 e. The first-order valence-corrected chi connectivity index (χ1v) is 11.9. The number of carbonyl (C=O) groups excluding carboxylic acids is 1. The second-order valence-electron chi connectivity index (χ2n) is 8.84. The summed E-state index contributed by atoms with van der Waals surface area (Å²) < 4.78 is 27.4. The molecule has 1 aliphatic heterocycles. The van der Waals surface area contributed by atoms with Crippen molar-refractivity contribution in [2.24, 2.45) is 17.8 Å². The van der Waals surface area contributed by atoms with Crippen LogP contribution in [-0.2, 0) is 10.0 Å². The van der Waals surface area contributed by atoms with Gasteiger partial charge in [0.25, 0.3) is 5.91 Å². The molecule has 6 nitrogen and oxygen atoms in total. The van der Waals surface area contributed by atoms with Crippen LogP contribution >= 0.6 is 0 Å². The van der Waals surface area contributed by atoms with Crippen LogP contribution in [0.1, 0.15) is 43.0 Å². The van der Waals surface area contributed by atoms with E-state index >= 15 is 0 Å². The molecule has 2 bridgehead atoms. The number of hydrogen-bond donors (Lipinski definition) is 1. The van der Waals surface area contributed by atoms with Gasteiger partial charge in [0, 0.05) is 37.8 Å². The van der Waals surface area contributed by atoms with E-state index in [0.717, 1.165) is 24.9 Å². The van der Waals surface area contributed by atoms with E-state index in [1.807, 2.05) is 7.05 Å². The maximum absolute atomic E-state index is 13.0. The van der Waals surface area contributed by atoms with Crippen LogP contribution in [0.15, 0.2) is 29.2 Å². The van der Waals surface area contributed by atoms with Gasteiger partial charge >= 0.3 is 0 Å². The van der Waals surface area contributed by atoms with E-state index in [0.29, 0.717) is 24.6 Å². The van der Waals surface area contributed by atoms with E-state index in [1.165, 1.54) is 36.1 Å². The molecule has 1 amide bonds. The molecule has 4 atom stereocenters. The maximum atomic E-state index is 13.0. The first kappa shape index (κ1) is 19.9. The summed E-state index contributed by atoms with van der Waals surface area (Å²) in [5.41, 5.74) is 0.421. The molecule has 3 fully saturated rings. The van der Waals surface area contributed by atoms with Crippen LogP contribution in [0.25, 0.3) is 0 Å². The van der Waals surface area contributed by atoms with Crippen molar-refractivity contribution < 1.29 is 13.2 Å². The van der Waals surface area contributed by atoms with Crippen LogP contribution in [0.2, 0.25) is 0 Å². The lowest BCUT2D eigenvalue weighted by atomic mass is 9.84. The minimum Gasteiger partial charge on any atom is -0.349 e. The number of hydrogen-bond acceptors (Lipinski definition) is 4. The Balaban J connectivity index is 1.45. The van der Waals surface area contributed by atoms with Crippen molar-refractivity contribution in [3.8, 4) is 0 Å². The molecule has 28 heavy (non-hydrogen) atoms. The topological polar surface area (TPSA) is 69.7 Å². The molecule has 0 spiro atoms. The summed E-state index contributed by atoms with van der Waals surface area (Å²) in [7, 11) is -1.57. The van der Waals surface area contributed by atoms with Crippen LogP contribution in [0, 0.1) is 17.8 Å². The molecule has 0 aromatic heterocycles. The monoisotopic (exact) mass is 405 g/mol. The predicted molar refractivity (Wildman–Crippen MR) is 109 cm³/mol. The Labute approximate surface area is 168 Å². The third-order valence-corrected chi connectivity index (χ3v) is 8.88. The highest BCUT2D eigenvalue weighted by atomic mass is 32.2. The summed E-state index contributed by atoms with van der Waals surface area (Å²) in [6.07, 6.45) is 5.15. The van der Waals surface area contributed by atoms with Gasteiger partial charge in [-0.1, -0.05) is 12.5 Å². The summed E-state index contributed by atoms with van der Waals surface area (Å²) in [5, 5.41) is 3.13. The van der Waals surface area contributed by atoms with Crippen molar-refractivity contribution in [1.29, 1.82) is 0 Å². The Kier molecular flexibility index (Phi) is 5.51. The maximum Gasteiger partial charge on any atom is 0.251 e. The highest BCUT2D eigenvalue weighted by molar-refractivity contribution is 7.89. The lowest BCUT2D eigenvalue weighted by molar-refractivity contribution is 0.0915. The lowest BCUT2D eigenvalue weighted by Gasteiger charge is -2.31. The third kappa shape index (κ3) is 3.84. The number of piperazine rings is 1. The van der Waals surface area contributed by atoms with Gasteiger partial charge in [-0.2, -0.15) is 4.31 Å². The molecule has 2 saturated carbocycles. The van der Waals surface area contributed by atoms with E-state index in [1.54, 1.807) is 18.2 Å². The van der Waals surface area contributed by atoms with Gasteiger partial charge in [0.2, 0.25) is 10.0 Å². The van der Waals surface area contributed by atoms with Gasteiger partial charge in [-0.15, -0.1) is 0 Å². The first-order chi connectivity index (χ1) is 13.3. The Hall–Kier alpha value is -1.44. The Morgan fingerprint density at radius 1 is 1.14 bits per heavy atom. The molecule has 1 aromatic carbocycles. The number of nitrogens with zero attached hydrogens (tertiary/aromatic N) is 2. The van der Waals surface area contributed by atoms with Gasteiger partial charge in [-0.25, -0.2) is 8.42 Å². The second kappa shape index (κ2) is 7.76. The Morgan fingerprint density at radius 3 is 2.54 bits per heavy atom. The number of carbonyl (C=O) groups is 1. The molecule has 1 saturated heterocycles. The van der Waals surface area contributed by atoms with Crippen LogP contribution < -0.4 is 5.32 Å². The molecule has 4 rings (SSSR count). The van der Waals surface area contributed by atoms with Crippen molar-refractivity contribution in [2.45, 2.75) is 43.5 Å².